The maximum Gasteiger partial charge on any atom is 0.292 e. The first-order valence-corrected chi connectivity index (χ1v) is 6.50. The van der Waals surface area contributed by atoms with Crippen molar-refractivity contribution < 1.29 is 14.7 Å². The third-order valence-corrected chi connectivity index (χ3v) is 3.73. The number of carbonyl (C=O) groups excluding carboxylic acids is 2. The number of hydrogen-bond acceptors (Lipinski definition) is 3. The molecule has 0 bridgehead atoms. The normalized spacial score (nSPS) is 17.6. The molecule has 0 aromatic heterocycles. The van der Waals surface area contributed by atoms with Crippen molar-refractivity contribution in [2.75, 3.05) is 6.61 Å². The highest BCUT2D eigenvalue weighted by Crippen LogP contribution is 2.39. The van der Waals surface area contributed by atoms with E-state index in [1.54, 1.807) is 31.2 Å². The Hall–Kier alpha value is -1.68. The maximum absolute atomic E-state index is 12.0. The Morgan fingerprint density at radius 2 is 1.89 bits per heavy atom. The Labute approximate surface area is 112 Å². The fraction of sp³-hybridized carbons (Fsp3) is 0.467. The van der Waals surface area contributed by atoms with Crippen LogP contribution in [0, 0.1) is 12.8 Å². The smallest absolute Gasteiger partial charge is 0.292 e. The molecule has 1 unspecified atom stereocenters. The van der Waals surface area contributed by atoms with Crippen LogP contribution < -0.4 is 5.32 Å². The molecule has 0 radical (unpaired) electrons. The summed E-state index contributed by atoms with van der Waals surface area (Å²) in [6.45, 7) is 3.56. The lowest BCUT2D eigenvalue weighted by Crippen LogP contribution is -2.52. The quantitative estimate of drug-likeness (QED) is 0.623. The van der Waals surface area contributed by atoms with Crippen molar-refractivity contribution >= 4 is 11.7 Å². The van der Waals surface area contributed by atoms with Gasteiger partial charge in [0.2, 0.25) is 5.78 Å². The summed E-state index contributed by atoms with van der Waals surface area (Å²) in [6.07, 6.45) is 1.96. The second-order valence-electron chi connectivity index (χ2n) is 5.50. The average Bonchev–Trinajstić information content (AvgIpc) is 3.23. The Morgan fingerprint density at radius 3 is 2.37 bits per heavy atom. The molecule has 2 N–H and O–H groups in total. The zero-order valence-corrected chi connectivity index (χ0v) is 11.3. The minimum Gasteiger partial charge on any atom is -0.394 e. The van der Waals surface area contributed by atoms with Gasteiger partial charge < -0.3 is 10.4 Å². The number of aliphatic hydroxyl groups is 1. The fourth-order valence-electron chi connectivity index (χ4n) is 2.14. The van der Waals surface area contributed by atoms with E-state index in [0.29, 0.717) is 5.56 Å². The number of Topliss-reactive ketones (excluding diaryl/α,β-unsaturated/α-hetero) is 1. The molecule has 1 aliphatic rings. The number of ketones is 1. The molecular formula is C15H19NO3. The molecule has 1 saturated carbocycles. The van der Waals surface area contributed by atoms with Crippen LogP contribution in [0.4, 0.5) is 0 Å². The number of nitrogens with one attached hydrogen (secondary N) is 1. The van der Waals surface area contributed by atoms with Crippen molar-refractivity contribution in [1.82, 2.24) is 5.32 Å². The van der Waals surface area contributed by atoms with Crippen molar-refractivity contribution in [3.8, 4) is 0 Å². The Balaban J connectivity index is 2.07. The molecule has 1 fully saturated rings. The van der Waals surface area contributed by atoms with Crippen LogP contribution in [0.25, 0.3) is 0 Å². The first-order chi connectivity index (χ1) is 8.96. The van der Waals surface area contributed by atoms with E-state index in [4.69, 9.17) is 0 Å². The molecule has 4 nitrogen and oxygen atoms in total. The summed E-state index contributed by atoms with van der Waals surface area (Å²) in [4.78, 5) is 24.0. The molecule has 2 rings (SSSR count). The molecule has 0 aliphatic heterocycles. The number of aliphatic hydroxyl groups excluding tert-OH is 1. The predicted octanol–water partition coefficient (Wildman–Crippen LogP) is 1.45. The molecule has 4 heteroatoms. The highest BCUT2D eigenvalue weighted by Gasteiger charge is 2.43. The molecule has 0 heterocycles. The fourth-order valence-corrected chi connectivity index (χ4v) is 2.14. The standard InChI is InChI=1S/C15H19NO3/c1-10-3-5-11(6-4-10)13(18)14(19)16-15(2,9-17)12-7-8-12/h3-6,12,17H,7-9H2,1-2H3,(H,16,19). The van der Waals surface area contributed by atoms with Gasteiger partial charge in [-0.2, -0.15) is 0 Å². The third-order valence-electron chi connectivity index (χ3n) is 3.73. The third kappa shape index (κ3) is 3.01. The number of aryl methyl sites for hydroxylation is 1. The topological polar surface area (TPSA) is 66.4 Å². The minimum atomic E-state index is -0.683. The van der Waals surface area contributed by atoms with Gasteiger partial charge in [0.25, 0.3) is 5.91 Å². The highest BCUT2D eigenvalue weighted by molar-refractivity contribution is 6.42. The summed E-state index contributed by atoms with van der Waals surface area (Å²) in [5, 5.41) is 12.1. The van der Waals surface area contributed by atoms with Crippen LogP contribution in [0.2, 0.25) is 0 Å². The SMILES string of the molecule is Cc1ccc(C(=O)C(=O)NC(C)(CO)C2CC2)cc1. The average molecular weight is 261 g/mol. The zero-order chi connectivity index (χ0) is 14.0. The van der Waals surface area contributed by atoms with E-state index in [2.05, 4.69) is 5.32 Å². The van der Waals surface area contributed by atoms with Gasteiger partial charge in [-0.3, -0.25) is 9.59 Å². The largest absolute Gasteiger partial charge is 0.394 e. The van der Waals surface area contributed by atoms with Gasteiger partial charge in [0.15, 0.2) is 0 Å². The van der Waals surface area contributed by atoms with Crippen LogP contribution in [0.15, 0.2) is 24.3 Å². The van der Waals surface area contributed by atoms with Crippen LogP contribution in [-0.2, 0) is 4.79 Å². The van der Waals surface area contributed by atoms with Crippen LogP contribution in [-0.4, -0.2) is 28.9 Å². The van der Waals surface area contributed by atoms with E-state index in [0.717, 1.165) is 18.4 Å². The first-order valence-electron chi connectivity index (χ1n) is 6.50. The number of hydrogen-bond donors (Lipinski definition) is 2. The zero-order valence-electron chi connectivity index (χ0n) is 11.3. The van der Waals surface area contributed by atoms with Crippen molar-refractivity contribution in [3.05, 3.63) is 35.4 Å². The van der Waals surface area contributed by atoms with Gasteiger partial charge in [-0.05, 0) is 32.6 Å². The van der Waals surface area contributed by atoms with Gasteiger partial charge in [-0.25, -0.2) is 0 Å². The van der Waals surface area contributed by atoms with Crippen molar-refractivity contribution in [2.45, 2.75) is 32.2 Å². The lowest BCUT2D eigenvalue weighted by molar-refractivity contribution is -0.119. The van der Waals surface area contributed by atoms with Gasteiger partial charge in [0, 0.05) is 5.56 Å². The number of benzene rings is 1. The molecule has 102 valence electrons. The van der Waals surface area contributed by atoms with E-state index < -0.39 is 17.2 Å². The molecule has 19 heavy (non-hydrogen) atoms. The van der Waals surface area contributed by atoms with Crippen LogP contribution in [0.5, 0.6) is 0 Å². The van der Waals surface area contributed by atoms with E-state index in [9.17, 15) is 14.7 Å². The monoisotopic (exact) mass is 261 g/mol. The molecule has 1 atom stereocenters. The van der Waals surface area contributed by atoms with Crippen LogP contribution in [0.1, 0.15) is 35.7 Å². The van der Waals surface area contributed by atoms with Gasteiger partial charge in [-0.1, -0.05) is 29.8 Å². The summed E-state index contributed by atoms with van der Waals surface area (Å²) in [7, 11) is 0. The summed E-state index contributed by atoms with van der Waals surface area (Å²) in [5.74, 6) is -0.931. The predicted molar refractivity (Wildman–Crippen MR) is 71.9 cm³/mol. The summed E-state index contributed by atoms with van der Waals surface area (Å²) in [5.41, 5.74) is 0.728. The second-order valence-corrected chi connectivity index (χ2v) is 5.50. The van der Waals surface area contributed by atoms with Gasteiger partial charge in [0.1, 0.15) is 0 Å². The molecular weight excluding hydrogens is 242 g/mol. The first kappa shape index (κ1) is 13.7. The van der Waals surface area contributed by atoms with Crippen molar-refractivity contribution in [1.29, 1.82) is 0 Å². The molecule has 0 spiro atoms. The van der Waals surface area contributed by atoms with Gasteiger partial charge in [-0.15, -0.1) is 0 Å². The Morgan fingerprint density at radius 1 is 1.32 bits per heavy atom. The lowest BCUT2D eigenvalue weighted by atomic mass is 9.96. The summed E-state index contributed by atoms with van der Waals surface area (Å²) < 4.78 is 0. The molecule has 1 amide bonds. The van der Waals surface area contributed by atoms with Crippen LogP contribution in [0.3, 0.4) is 0 Å². The molecule has 1 aromatic carbocycles. The highest BCUT2D eigenvalue weighted by atomic mass is 16.3. The van der Waals surface area contributed by atoms with Crippen molar-refractivity contribution in [2.24, 2.45) is 5.92 Å². The lowest BCUT2D eigenvalue weighted by Gasteiger charge is -2.28. The molecule has 1 aromatic rings. The van der Waals surface area contributed by atoms with Gasteiger partial charge in [0.05, 0.1) is 12.1 Å². The number of amides is 1. The number of rotatable bonds is 5. The van der Waals surface area contributed by atoms with E-state index in [1.165, 1.54) is 0 Å². The Bertz CT molecular complexity index is 491. The summed E-state index contributed by atoms with van der Waals surface area (Å²) in [6, 6.07) is 6.88. The van der Waals surface area contributed by atoms with E-state index in [1.807, 2.05) is 6.92 Å². The molecule has 1 aliphatic carbocycles. The Kier molecular flexibility index (Phi) is 3.71. The van der Waals surface area contributed by atoms with E-state index in [-0.39, 0.29) is 12.5 Å². The number of carbonyl (C=O) groups is 2. The van der Waals surface area contributed by atoms with E-state index >= 15 is 0 Å². The molecule has 0 saturated heterocycles. The van der Waals surface area contributed by atoms with Crippen molar-refractivity contribution in [3.63, 3.8) is 0 Å². The summed E-state index contributed by atoms with van der Waals surface area (Å²) >= 11 is 0. The van der Waals surface area contributed by atoms with Gasteiger partial charge >= 0.3 is 0 Å². The maximum atomic E-state index is 12.0. The minimum absolute atomic E-state index is 0.148. The van der Waals surface area contributed by atoms with Crippen LogP contribution >= 0.6 is 0 Å². The second kappa shape index (κ2) is 5.13.